The van der Waals surface area contributed by atoms with E-state index >= 15 is 0 Å². The summed E-state index contributed by atoms with van der Waals surface area (Å²) in [5.74, 6) is -1.23. The van der Waals surface area contributed by atoms with Crippen molar-refractivity contribution in [2.45, 2.75) is 26.3 Å². The number of nitrogens with zero attached hydrogens (tertiary/aromatic N) is 2. The number of carboxylic acids is 1. The molecule has 1 amide bonds. The summed E-state index contributed by atoms with van der Waals surface area (Å²) in [7, 11) is 1.64. The van der Waals surface area contributed by atoms with Gasteiger partial charge in [-0.15, -0.1) is 0 Å². The van der Waals surface area contributed by atoms with E-state index in [2.05, 4.69) is 0 Å². The first-order valence-electron chi connectivity index (χ1n) is 5.79. The van der Waals surface area contributed by atoms with Crippen molar-refractivity contribution in [2.75, 3.05) is 6.54 Å². The second-order valence-electron chi connectivity index (χ2n) is 4.46. The van der Waals surface area contributed by atoms with E-state index < -0.39 is 5.97 Å². The summed E-state index contributed by atoms with van der Waals surface area (Å²) in [6.45, 7) is 3.80. The first kappa shape index (κ1) is 15.9. The van der Waals surface area contributed by atoms with Gasteiger partial charge in [0.25, 0.3) is 5.91 Å². The Morgan fingerprint density at radius 1 is 1.42 bits per heavy atom. The van der Waals surface area contributed by atoms with Crippen molar-refractivity contribution in [2.24, 2.45) is 7.05 Å². The molecule has 0 bridgehead atoms. The Labute approximate surface area is 121 Å². The minimum atomic E-state index is -0.943. The molecular weight excluding hydrogens is 291 g/mol. The molecule has 1 heterocycles. The summed E-state index contributed by atoms with van der Waals surface area (Å²) in [6.07, 6.45) is -0.101. The van der Waals surface area contributed by atoms with Crippen molar-refractivity contribution >= 4 is 35.1 Å². The third-order valence-electron chi connectivity index (χ3n) is 2.79. The van der Waals surface area contributed by atoms with Gasteiger partial charge in [0.15, 0.2) is 0 Å². The predicted octanol–water partition coefficient (Wildman–Crippen LogP) is 2.66. The summed E-state index contributed by atoms with van der Waals surface area (Å²) in [5, 5.41) is 9.30. The highest BCUT2D eigenvalue weighted by Gasteiger charge is 2.23. The highest BCUT2D eigenvalue weighted by Crippen LogP contribution is 2.26. The Balaban J connectivity index is 2.99. The molecule has 7 heteroatoms. The van der Waals surface area contributed by atoms with Crippen LogP contribution in [0.1, 0.15) is 30.8 Å². The molecule has 0 aliphatic carbocycles. The summed E-state index contributed by atoms with van der Waals surface area (Å²) < 4.78 is 1.49. The minimum absolute atomic E-state index is 0.101. The zero-order chi connectivity index (χ0) is 14.7. The standard InChI is InChI=1S/C12H16Cl2N2O3/c1-7(2)16(5-4-10(17)18)12(19)9-6-8(13)11(14)15(9)3/h6-7H,4-5H2,1-3H3,(H,17,18). The number of amides is 1. The third-order valence-corrected chi connectivity index (χ3v) is 3.63. The maximum Gasteiger partial charge on any atom is 0.305 e. The van der Waals surface area contributed by atoms with Gasteiger partial charge in [0.1, 0.15) is 10.8 Å². The van der Waals surface area contributed by atoms with Gasteiger partial charge in [-0.3, -0.25) is 9.59 Å². The van der Waals surface area contributed by atoms with E-state index in [0.29, 0.717) is 10.7 Å². The SMILES string of the molecule is CC(C)N(CCC(=O)O)C(=O)c1cc(Cl)c(Cl)n1C. The highest BCUT2D eigenvalue weighted by atomic mass is 35.5. The molecule has 19 heavy (non-hydrogen) atoms. The van der Waals surface area contributed by atoms with Gasteiger partial charge in [-0.25, -0.2) is 0 Å². The molecule has 106 valence electrons. The lowest BCUT2D eigenvalue weighted by molar-refractivity contribution is -0.137. The lowest BCUT2D eigenvalue weighted by atomic mass is 10.2. The second-order valence-corrected chi connectivity index (χ2v) is 5.23. The Bertz CT molecular complexity index is 497. The van der Waals surface area contributed by atoms with Crippen LogP contribution in [-0.4, -0.2) is 39.0 Å². The van der Waals surface area contributed by atoms with Crippen molar-refractivity contribution in [1.29, 1.82) is 0 Å². The van der Waals surface area contributed by atoms with Crippen LogP contribution in [0.5, 0.6) is 0 Å². The van der Waals surface area contributed by atoms with Crippen LogP contribution in [0, 0.1) is 0 Å². The van der Waals surface area contributed by atoms with E-state index in [0.717, 1.165) is 0 Å². The Kier molecular flexibility index (Phi) is 5.26. The maximum atomic E-state index is 12.4. The summed E-state index contributed by atoms with van der Waals surface area (Å²) in [4.78, 5) is 24.5. The largest absolute Gasteiger partial charge is 0.481 e. The van der Waals surface area contributed by atoms with Gasteiger partial charge in [0.05, 0.1) is 11.4 Å². The van der Waals surface area contributed by atoms with E-state index in [-0.39, 0.29) is 30.1 Å². The molecule has 0 saturated carbocycles. The smallest absolute Gasteiger partial charge is 0.305 e. The van der Waals surface area contributed by atoms with Crippen LogP contribution in [0.15, 0.2) is 6.07 Å². The molecule has 0 fully saturated rings. The van der Waals surface area contributed by atoms with Crippen LogP contribution in [0.2, 0.25) is 10.2 Å². The van der Waals surface area contributed by atoms with Crippen LogP contribution in [0.3, 0.4) is 0 Å². The van der Waals surface area contributed by atoms with Gasteiger partial charge in [-0.05, 0) is 19.9 Å². The van der Waals surface area contributed by atoms with E-state index in [1.54, 1.807) is 7.05 Å². The van der Waals surface area contributed by atoms with E-state index in [1.165, 1.54) is 15.5 Å². The predicted molar refractivity (Wildman–Crippen MR) is 73.9 cm³/mol. The van der Waals surface area contributed by atoms with E-state index in [4.69, 9.17) is 28.3 Å². The molecule has 0 saturated heterocycles. The lowest BCUT2D eigenvalue weighted by Gasteiger charge is -2.26. The summed E-state index contributed by atoms with van der Waals surface area (Å²) in [5.41, 5.74) is 0.342. The molecule has 0 spiro atoms. The zero-order valence-corrected chi connectivity index (χ0v) is 12.5. The van der Waals surface area contributed by atoms with E-state index in [9.17, 15) is 9.59 Å². The second kappa shape index (κ2) is 6.30. The molecule has 0 aliphatic heterocycles. The molecule has 0 aromatic carbocycles. The summed E-state index contributed by atoms with van der Waals surface area (Å²) >= 11 is 11.8. The average molecular weight is 307 g/mol. The number of carboxylic acid groups (broad SMARTS) is 1. The number of halogens is 2. The Morgan fingerprint density at radius 3 is 2.37 bits per heavy atom. The lowest BCUT2D eigenvalue weighted by Crippen LogP contribution is -2.39. The van der Waals surface area contributed by atoms with Crippen LogP contribution < -0.4 is 0 Å². The Morgan fingerprint density at radius 2 is 2.00 bits per heavy atom. The van der Waals surface area contributed by atoms with Gasteiger partial charge >= 0.3 is 5.97 Å². The molecule has 1 aromatic rings. The molecule has 0 unspecified atom stereocenters. The fraction of sp³-hybridized carbons (Fsp3) is 0.500. The first-order valence-corrected chi connectivity index (χ1v) is 6.54. The molecule has 1 aromatic heterocycles. The van der Waals surface area contributed by atoms with Crippen molar-refractivity contribution in [3.05, 3.63) is 21.9 Å². The topological polar surface area (TPSA) is 62.5 Å². The highest BCUT2D eigenvalue weighted by molar-refractivity contribution is 6.41. The van der Waals surface area contributed by atoms with Crippen molar-refractivity contribution in [1.82, 2.24) is 9.47 Å². The average Bonchev–Trinajstić information content (AvgIpc) is 2.56. The molecule has 0 atom stereocenters. The molecular formula is C12H16Cl2N2O3. The summed E-state index contributed by atoms with van der Waals surface area (Å²) in [6, 6.07) is 1.38. The van der Waals surface area contributed by atoms with Crippen LogP contribution in [0.4, 0.5) is 0 Å². The monoisotopic (exact) mass is 306 g/mol. The Hall–Kier alpha value is -1.20. The van der Waals surface area contributed by atoms with Crippen molar-refractivity contribution < 1.29 is 14.7 Å². The van der Waals surface area contributed by atoms with Crippen molar-refractivity contribution in [3.63, 3.8) is 0 Å². The third kappa shape index (κ3) is 3.64. The van der Waals surface area contributed by atoms with E-state index in [1.807, 2.05) is 13.8 Å². The number of rotatable bonds is 5. The van der Waals surface area contributed by atoms with Crippen LogP contribution >= 0.6 is 23.2 Å². The van der Waals surface area contributed by atoms with Gasteiger partial charge in [0.2, 0.25) is 0 Å². The van der Waals surface area contributed by atoms with Crippen molar-refractivity contribution in [3.8, 4) is 0 Å². The number of carbonyl (C=O) groups is 2. The molecule has 1 N–H and O–H groups in total. The van der Waals surface area contributed by atoms with Gasteiger partial charge in [0, 0.05) is 19.6 Å². The molecule has 0 radical (unpaired) electrons. The quantitative estimate of drug-likeness (QED) is 0.909. The normalized spacial score (nSPS) is 10.8. The molecule has 5 nitrogen and oxygen atoms in total. The fourth-order valence-electron chi connectivity index (χ4n) is 1.71. The van der Waals surface area contributed by atoms with Gasteiger partial charge in [-0.1, -0.05) is 23.2 Å². The maximum absolute atomic E-state index is 12.4. The number of hydrogen-bond acceptors (Lipinski definition) is 2. The minimum Gasteiger partial charge on any atom is -0.481 e. The van der Waals surface area contributed by atoms with Gasteiger partial charge < -0.3 is 14.6 Å². The zero-order valence-electron chi connectivity index (χ0n) is 11.0. The number of aliphatic carboxylic acids is 1. The molecule has 1 rings (SSSR count). The number of hydrogen-bond donors (Lipinski definition) is 1. The number of aromatic nitrogens is 1. The first-order chi connectivity index (χ1) is 8.75. The van der Waals surface area contributed by atoms with Crippen LogP contribution in [-0.2, 0) is 11.8 Å². The molecule has 0 aliphatic rings. The number of carbonyl (C=O) groups excluding carboxylic acids is 1. The van der Waals surface area contributed by atoms with Crippen LogP contribution in [0.25, 0.3) is 0 Å². The van der Waals surface area contributed by atoms with Gasteiger partial charge in [-0.2, -0.15) is 0 Å². The fourth-order valence-corrected chi connectivity index (χ4v) is 2.08.